The molecule has 172 valence electrons. The van der Waals surface area contributed by atoms with Crippen molar-refractivity contribution in [2.75, 3.05) is 20.2 Å². The molecule has 1 N–H and O–H groups in total. The number of fused-ring (bicyclic) bond motifs is 1. The van der Waals surface area contributed by atoms with Gasteiger partial charge in [0.2, 0.25) is 5.91 Å². The van der Waals surface area contributed by atoms with Crippen molar-refractivity contribution < 1.29 is 19.1 Å². The number of amides is 4. The van der Waals surface area contributed by atoms with Crippen molar-refractivity contribution in [2.45, 2.75) is 50.6 Å². The Balaban J connectivity index is 1.18. The Hall–Kier alpha value is -3.35. The summed E-state index contributed by atoms with van der Waals surface area (Å²) >= 11 is 0. The molecule has 2 aliphatic heterocycles. The standard InChI is InChI=1S/C26H29N3O4/c1-28-25(32)29(24(31)26(28)12-3-2-4-13-26)17-23(30)27-16-18-5-7-19(8-6-18)20-9-10-22-21(15-20)11-14-33-22/h5-10,15H,2-4,11-14,16-17H2,1H3,(H,27,30). The minimum atomic E-state index is -0.755. The minimum absolute atomic E-state index is 0.228. The number of nitrogens with one attached hydrogen (secondary N) is 1. The number of urea groups is 1. The van der Waals surface area contributed by atoms with Gasteiger partial charge in [-0.05, 0) is 47.2 Å². The maximum absolute atomic E-state index is 13.0. The first kappa shape index (κ1) is 21.5. The molecule has 7 heteroatoms. The number of carbonyl (C=O) groups is 3. The highest BCUT2D eigenvalue weighted by atomic mass is 16.5. The van der Waals surface area contributed by atoms with Crippen LogP contribution in [0.2, 0.25) is 0 Å². The molecular weight excluding hydrogens is 418 g/mol. The van der Waals surface area contributed by atoms with Crippen molar-refractivity contribution in [1.29, 1.82) is 0 Å². The summed E-state index contributed by atoms with van der Waals surface area (Å²) in [5.41, 5.74) is 3.68. The highest BCUT2D eigenvalue weighted by Crippen LogP contribution is 2.39. The zero-order chi connectivity index (χ0) is 23.0. The first-order valence-corrected chi connectivity index (χ1v) is 11.7. The van der Waals surface area contributed by atoms with E-state index < -0.39 is 5.54 Å². The van der Waals surface area contributed by atoms with Crippen LogP contribution in [0.25, 0.3) is 11.1 Å². The van der Waals surface area contributed by atoms with E-state index in [4.69, 9.17) is 4.74 Å². The Morgan fingerprint density at radius 1 is 1.03 bits per heavy atom. The summed E-state index contributed by atoms with van der Waals surface area (Å²) in [7, 11) is 1.68. The summed E-state index contributed by atoms with van der Waals surface area (Å²) in [6.45, 7) is 0.844. The Morgan fingerprint density at radius 3 is 2.52 bits per heavy atom. The smallest absolute Gasteiger partial charge is 0.327 e. The van der Waals surface area contributed by atoms with E-state index >= 15 is 0 Å². The average molecular weight is 448 g/mol. The zero-order valence-corrected chi connectivity index (χ0v) is 18.9. The monoisotopic (exact) mass is 447 g/mol. The van der Waals surface area contributed by atoms with E-state index in [0.29, 0.717) is 19.4 Å². The number of likely N-dealkylation sites (N-methyl/N-ethyl adjacent to an activating group) is 1. The van der Waals surface area contributed by atoms with Crippen LogP contribution in [0.3, 0.4) is 0 Å². The number of nitrogens with zero attached hydrogens (tertiary/aromatic N) is 2. The van der Waals surface area contributed by atoms with E-state index in [0.717, 1.165) is 59.6 Å². The first-order valence-electron chi connectivity index (χ1n) is 11.7. The molecule has 1 saturated heterocycles. The van der Waals surface area contributed by atoms with Crippen LogP contribution in [0.4, 0.5) is 4.79 Å². The second-order valence-corrected chi connectivity index (χ2v) is 9.22. The second-order valence-electron chi connectivity index (χ2n) is 9.22. The summed E-state index contributed by atoms with van der Waals surface area (Å²) in [5.74, 6) is 0.406. The maximum Gasteiger partial charge on any atom is 0.327 e. The fourth-order valence-electron chi connectivity index (χ4n) is 5.25. The Labute approximate surface area is 193 Å². The van der Waals surface area contributed by atoms with Crippen LogP contribution < -0.4 is 10.1 Å². The van der Waals surface area contributed by atoms with E-state index in [-0.39, 0.29) is 24.4 Å². The molecule has 0 bridgehead atoms. The summed E-state index contributed by atoms with van der Waals surface area (Å²) in [6, 6.07) is 13.9. The molecule has 2 heterocycles. The van der Waals surface area contributed by atoms with Crippen molar-refractivity contribution in [1.82, 2.24) is 15.1 Å². The fourth-order valence-corrected chi connectivity index (χ4v) is 5.25. The molecule has 2 aromatic rings. The fraction of sp³-hybridized carbons (Fsp3) is 0.423. The molecule has 2 fully saturated rings. The van der Waals surface area contributed by atoms with Gasteiger partial charge in [0.05, 0.1) is 6.61 Å². The third kappa shape index (κ3) is 3.86. The van der Waals surface area contributed by atoms with Crippen molar-refractivity contribution >= 4 is 17.8 Å². The Kier molecular flexibility index (Phi) is 5.56. The largest absolute Gasteiger partial charge is 0.493 e. The Morgan fingerprint density at radius 2 is 1.76 bits per heavy atom. The van der Waals surface area contributed by atoms with Crippen LogP contribution in [0.15, 0.2) is 42.5 Å². The van der Waals surface area contributed by atoms with Crippen LogP contribution in [-0.2, 0) is 22.6 Å². The van der Waals surface area contributed by atoms with Crippen LogP contribution >= 0.6 is 0 Å². The number of carbonyl (C=O) groups excluding carboxylic acids is 3. The number of hydrogen-bond acceptors (Lipinski definition) is 4. The van der Waals surface area contributed by atoms with Gasteiger partial charge in [0.15, 0.2) is 0 Å². The summed E-state index contributed by atoms with van der Waals surface area (Å²) in [6.07, 6.45) is 5.23. The van der Waals surface area contributed by atoms with Crippen molar-refractivity contribution in [2.24, 2.45) is 0 Å². The van der Waals surface area contributed by atoms with Gasteiger partial charge in [0.25, 0.3) is 5.91 Å². The van der Waals surface area contributed by atoms with E-state index in [1.54, 1.807) is 11.9 Å². The molecule has 33 heavy (non-hydrogen) atoms. The van der Waals surface area contributed by atoms with Gasteiger partial charge in [-0.15, -0.1) is 0 Å². The predicted molar refractivity (Wildman–Crippen MR) is 124 cm³/mol. The lowest BCUT2D eigenvalue weighted by atomic mass is 9.81. The van der Waals surface area contributed by atoms with Gasteiger partial charge in [0.1, 0.15) is 17.8 Å². The molecule has 2 aromatic carbocycles. The lowest BCUT2D eigenvalue weighted by Crippen LogP contribution is -2.49. The quantitative estimate of drug-likeness (QED) is 0.712. The maximum atomic E-state index is 13.0. The highest BCUT2D eigenvalue weighted by Gasteiger charge is 2.55. The van der Waals surface area contributed by atoms with Gasteiger partial charge in [-0.2, -0.15) is 0 Å². The minimum Gasteiger partial charge on any atom is -0.493 e. The molecule has 0 unspecified atom stereocenters. The third-order valence-electron chi connectivity index (χ3n) is 7.25. The summed E-state index contributed by atoms with van der Waals surface area (Å²) in [5, 5.41) is 2.85. The van der Waals surface area contributed by atoms with E-state index in [1.165, 1.54) is 5.56 Å². The summed E-state index contributed by atoms with van der Waals surface area (Å²) in [4.78, 5) is 40.9. The molecular formula is C26H29N3O4. The zero-order valence-electron chi connectivity index (χ0n) is 18.9. The van der Waals surface area contributed by atoms with Gasteiger partial charge in [0, 0.05) is 20.0 Å². The molecule has 0 atom stereocenters. The third-order valence-corrected chi connectivity index (χ3v) is 7.25. The molecule has 4 amide bonds. The molecule has 0 radical (unpaired) electrons. The molecule has 1 spiro atoms. The van der Waals surface area contributed by atoms with Crippen molar-refractivity contribution in [3.8, 4) is 16.9 Å². The van der Waals surface area contributed by atoms with Gasteiger partial charge in [-0.3, -0.25) is 14.5 Å². The van der Waals surface area contributed by atoms with Gasteiger partial charge in [-0.25, -0.2) is 4.79 Å². The number of ether oxygens (including phenoxy) is 1. The predicted octanol–water partition coefficient (Wildman–Crippen LogP) is 3.50. The molecule has 7 nitrogen and oxygen atoms in total. The van der Waals surface area contributed by atoms with E-state index in [1.807, 2.05) is 30.3 Å². The first-order chi connectivity index (χ1) is 16.0. The van der Waals surface area contributed by atoms with Crippen LogP contribution in [-0.4, -0.2) is 53.4 Å². The molecule has 0 aromatic heterocycles. The van der Waals surface area contributed by atoms with Gasteiger partial charge < -0.3 is 15.0 Å². The highest BCUT2D eigenvalue weighted by molar-refractivity contribution is 6.08. The Bertz CT molecular complexity index is 1090. The van der Waals surface area contributed by atoms with E-state index in [2.05, 4.69) is 17.4 Å². The topological polar surface area (TPSA) is 79.0 Å². The lowest BCUT2D eigenvalue weighted by Gasteiger charge is -2.35. The SMILES string of the molecule is CN1C(=O)N(CC(=O)NCc2ccc(-c3ccc4c(c3)CCO4)cc2)C(=O)C12CCCCC2. The summed E-state index contributed by atoms with van der Waals surface area (Å²) < 4.78 is 5.57. The van der Waals surface area contributed by atoms with Crippen molar-refractivity contribution in [3.63, 3.8) is 0 Å². The van der Waals surface area contributed by atoms with E-state index in [9.17, 15) is 14.4 Å². The second kappa shape index (κ2) is 8.54. The number of imide groups is 1. The number of hydrogen-bond donors (Lipinski definition) is 1. The van der Waals surface area contributed by atoms with Crippen LogP contribution in [0.5, 0.6) is 5.75 Å². The normalized spacial score (nSPS) is 19.1. The number of rotatable bonds is 5. The average Bonchev–Trinajstić information content (AvgIpc) is 3.38. The molecule has 5 rings (SSSR count). The van der Waals surface area contributed by atoms with Gasteiger partial charge >= 0.3 is 6.03 Å². The number of benzene rings is 2. The lowest BCUT2D eigenvalue weighted by molar-refractivity contribution is -0.137. The molecule has 3 aliphatic rings. The van der Waals surface area contributed by atoms with Crippen LogP contribution in [0.1, 0.15) is 43.2 Å². The molecule has 1 aliphatic carbocycles. The van der Waals surface area contributed by atoms with Crippen molar-refractivity contribution in [3.05, 3.63) is 53.6 Å². The van der Waals surface area contributed by atoms with Gasteiger partial charge in [-0.1, -0.05) is 49.6 Å². The van der Waals surface area contributed by atoms with Crippen LogP contribution in [0, 0.1) is 0 Å². The molecule has 1 saturated carbocycles.